The van der Waals surface area contributed by atoms with E-state index in [0.29, 0.717) is 12.3 Å². The summed E-state index contributed by atoms with van der Waals surface area (Å²) in [6, 6.07) is 7.71. The van der Waals surface area contributed by atoms with Gasteiger partial charge in [-0.25, -0.2) is 0 Å². The Labute approximate surface area is 107 Å². The Morgan fingerprint density at radius 3 is 2.67 bits per heavy atom. The highest BCUT2D eigenvalue weighted by molar-refractivity contribution is 5.99. The van der Waals surface area contributed by atoms with Gasteiger partial charge in [0.25, 0.3) is 0 Å². The Morgan fingerprint density at radius 1 is 1.39 bits per heavy atom. The molecule has 1 unspecified atom stereocenters. The molecule has 3 heteroatoms. The van der Waals surface area contributed by atoms with Crippen molar-refractivity contribution in [2.45, 2.75) is 20.8 Å². The molecule has 1 aromatic heterocycles. The van der Waals surface area contributed by atoms with Crippen LogP contribution in [0.3, 0.4) is 0 Å². The normalized spacial score (nSPS) is 13.2. The van der Waals surface area contributed by atoms with Gasteiger partial charge in [0.05, 0.1) is 0 Å². The van der Waals surface area contributed by atoms with Crippen LogP contribution in [-0.4, -0.2) is 12.3 Å². The Kier molecular flexibility index (Phi) is 3.53. The summed E-state index contributed by atoms with van der Waals surface area (Å²) in [5.74, 6) is 0.467. The number of benzene rings is 1. The molecule has 0 aliphatic rings. The summed E-state index contributed by atoms with van der Waals surface area (Å²) in [6.07, 6.45) is 0. The van der Waals surface area contributed by atoms with E-state index >= 15 is 0 Å². The first-order valence-corrected chi connectivity index (χ1v) is 6.28. The Bertz CT molecular complexity index is 569. The van der Waals surface area contributed by atoms with E-state index < -0.39 is 0 Å². The molecule has 0 amide bonds. The molecule has 0 fully saturated rings. The third kappa shape index (κ3) is 2.18. The van der Waals surface area contributed by atoms with Crippen molar-refractivity contribution in [3.05, 3.63) is 35.6 Å². The van der Waals surface area contributed by atoms with E-state index in [0.717, 1.165) is 16.5 Å². The zero-order valence-corrected chi connectivity index (χ0v) is 11.1. The molecule has 3 nitrogen and oxygen atoms in total. The summed E-state index contributed by atoms with van der Waals surface area (Å²) < 4.78 is 5.69. The van der Waals surface area contributed by atoms with Crippen molar-refractivity contribution < 1.29 is 9.21 Å². The van der Waals surface area contributed by atoms with Crippen LogP contribution in [0, 0.1) is 18.8 Å². The van der Waals surface area contributed by atoms with Crippen molar-refractivity contribution in [1.82, 2.24) is 0 Å². The predicted molar refractivity (Wildman–Crippen MR) is 72.7 cm³/mol. The minimum absolute atomic E-state index is 0.00287. The van der Waals surface area contributed by atoms with Crippen molar-refractivity contribution in [1.29, 1.82) is 0 Å². The van der Waals surface area contributed by atoms with Gasteiger partial charge in [-0.1, -0.05) is 32.0 Å². The highest BCUT2D eigenvalue weighted by Gasteiger charge is 2.25. The van der Waals surface area contributed by atoms with E-state index in [9.17, 15) is 4.79 Å². The summed E-state index contributed by atoms with van der Waals surface area (Å²) >= 11 is 0. The summed E-state index contributed by atoms with van der Waals surface area (Å²) in [4.78, 5) is 12.3. The zero-order valence-electron chi connectivity index (χ0n) is 11.1. The first kappa shape index (κ1) is 12.8. The number of furan rings is 1. The third-order valence-corrected chi connectivity index (χ3v) is 3.38. The molecular formula is C15H19NO2. The molecule has 0 saturated carbocycles. The van der Waals surface area contributed by atoms with Gasteiger partial charge < -0.3 is 10.2 Å². The number of fused-ring (bicyclic) bond motifs is 1. The van der Waals surface area contributed by atoms with Gasteiger partial charge in [0.2, 0.25) is 5.78 Å². The van der Waals surface area contributed by atoms with E-state index in [2.05, 4.69) is 0 Å². The van der Waals surface area contributed by atoms with Gasteiger partial charge in [0, 0.05) is 17.8 Å². The smallest absolute Gasteiger partial charge is 0.202 e. The predicted octanol–water partition coefficient (Wildman–Crippen LogP) is 3.15. The lowest BCUT2D eigenvalue weighted by molar-refractivity contribution is 0.0865. The Hall–Kier alpha value is -1.61. The first-order valence-electron chi connectivity index (χ1n) is 6.28. The molecular weight excluding hydrogens is 226 g/mol. The molecule has 0 radical (unpaired) electrons. The fourth-order valence-corrected chi connectivity index (χ4v) is 2.20. The molecule has 0 spiro atoms. The molecule has 0 aliphatic carbocycles. The maximum absolute atomic E-state index is 12.3. The minimum Gasteiger partial charge on any atom is -0.453 e. The molecule has 96 valence electrons. The largest absolute Gasteiger partial charge is 0.453 e. The van der Waals surface area contributed by atoms with Crippen LogP contribution in [0.1, 0.15) is 30.0 Å². The highest BCUT2D eigenvalue weighted by atomic mass is 16.3. The quantitative estimate of drug-likeness (QED) is 0.842. The first-order chi connectivity index (χ1) is 8.54. The lowest BCUT2D eigenvalue weighted by Gasteiger charge is -2.15. The second kappa shape index (κ2) is 4.94. The molecule has 1 atom stereocenters. The average Bonchev–Trinajstić information content (AvgIpc) is 2.74. The second-order valence-corrected chi connectivity index (χ2v) is 5.05. The summed E-state index contributed by atoms with van der Waals surface area (Å²) in [5, 5.41) is 0.970. The SMILES string of the molecule is Cc1cccc2cc(C(=O)C(CN)C(C)C)oc12. The van der Waals surface area contributed by atoms with Gasteiger partial charge in [-0.3, -0.25) is 4.79 Å². The number of hydrogen-bond acceptors (Lipinski definition) is 3. The van der Waals surface area contributed by atoms with Crippen LogP contribution in [0.25, 0.3) is 11.0 Å². The number of Topliss-reactive ketones (excluding diaryl/α,β-unsaturated/α-hetero) is 1. The standard InChI is InChI=1S/C15H19NO2/c1-9(2)12(8-16)14(17)13-7-11-6-4-5-10(3)15(11)18-13/h4-7,9,12H,8,16H2,1-3H3. The van der Waals surface area contributed by atoms with Crippen LogP contribution in [0.4, 0.5) is 0 Å². The van der Waals surface area contributed by atoms with Gasteiger partial charge in [0.15, 0.2) is 5.76 Å². The number of para-hydroxylation sites is 1. The molecule has 2 rings (SSSR count). The lowest BCUT2D eigenvalue weighted by atomic mass is 9.90. The lowest BCUT2D eigenvalue weighted by Crippen LogP contribution is -2.28. The summed E-state index contributed by atoms with van der Waals surface area (Å²) in [7, 11) is 0. The fraction of sp³-hybridized carbons (Fsp3) is 0.400. The molecule has 1 heterocycles. The monoisotopic (exact) mass is 245 g/mol. The molecule has 0 aliphatic heterocycles. The second-order valence-electron chi connectivity index (χ2n) is 5.05. The number of aryl methyl sites for hydroxylation is 1. The van der Waals surface area contributed by atoms with Gasteiger partial charge in [-0.15, -0.1) is 0 Å². The highest BCUT2D eigenvalue weighted by Crippen LogP contribution is 2.25. The van der Waals surface area contributed by atoms with Crippen LogP contribution in [-0.2, 0) is 0 Å². The number of hydrogen-bond donors (Lipinski definition) is 1. The van der Waals surface area contributed by atoms with Crippen molar-refractivity contribution >= 4 is 16.8 Å². The molecule has 2 aromatic rings. The average molecular weight is 245 g/mol. The van der Waals surface area contributed by atoms with Gasteiger partial charge in [0.1, 0.15) is 5.58 Å². The van der Waals surface area contributed by atoms with Gasteiger partial charge in [-0.05, 0) is 24.5 Å². The number of carbonyl (C=O) groups excluding carboxylic acids is 1. The number of rotatable bonds is 4. The summed E-state index contributed by atoms with van der Waals surface area (Å²) in [5.41, 5.74) is 7.51. The van der Waals surface area contributed by atoms with E-state index in [4.69, 9.17) is 10.2 Å². The summed E-state index contributed by atoms with van der Waals surface area (Å²) in [6.45, 7) is 6.34. The number of nitrogens with two attached hydrogens (primary N) is 1. The topological polar surface area (TPSA) is 56.2 Å². The third-order valence-electron chi connectivity index (χ3n) is 3.38. The van der Waals surface area contributed by atoms with Crippen molar-refractivity contribution in [3.8, 4) is 0 Å². The minimum atomic E-state index is -0.175. The van der Waals surface area contributed by atoms with Gasteiger partial charge in [-0.2, -0.15) is 0 Å². The molecule has 0 saturated heterocycles. The van der Waals surface area contributed by atoms with E-state index in [1.165, 1.54) is 0 Å². The molecule has 0 bridgehead atoms. The van der Waals surface area contributed by atoms with Crippen LogP contribution in [0.2, 0.25) is 0 Å². The van der Waals surface area contributed by atoms with Crippen molar-refractivity contribution in [2.75, 3.05) is 6.54 Å². The molecule has 1 aromatic carbocycles. The van der Waals surface area contributed by atoms with E-state index in [-0.39, 0.29) is 17.6 Å². The van der Waals surface area contributed by atoms with Crippen LogP contribution < -0.4 is 5.73 Å². The van der Waals surface area contributed by atoms with Crippen LogP contribution >= 0.6 is 0 Å². The molecule has 18 heavy (non-hydrogen) atoms. The van der Waals surface area contributed by atoms with Crippen molar-refractivity contribution in [3.63, 3.8) is 0 Å². The Balaban J connectivity index is 2.42. The maximum Gasteiger partial charge on any atom is 0.202 e. The van der Waals surface area contributed by atoms with Crippen LogP contribution in [0.5, 0.6) is 0 Å². The van der Waals surface area contributed by atoms with Gasteiger partial charge >= 0.3 is 0 Å². The Morgan fingerprint density at radius 2 is 2.11 bits per heavy atom. The van der Waals surface area contributed by atoms with Crippen LogP contribution in [0.15, 0.2) is 28.7 Å². The fourth-order valence-electron chi connectivity index (χ4n) is 2.20. The maximum atomic E-state index is 12.3. The number of carbonyl (C=O) groups is 1. The van der Waals surface area contributed by atoms with E-state index in [1.54, 1.807) is 0 Å². The van der Waals surface area contributed by atoms with Crippen molar-refractivity contribution in [2.24, 2.45) is 17.6 Å². The number of ketones is 1. The van der Waals surface area contributed by atoms with E-state index in [1.807, 2.05) is 45.0 Å². The zero-order chi connectivity index (χ0) is 13.3. The molecule has 2 N–H and O–H groups in total.